The van der Waals surface area contributed by atoms with Crippen molar-refractivity contribution in [3.05, 3.63) is 46.7 Å². The Morgan fingerprint density at radius 3 is 2.73 bits per heavy atom. The number of nitrogens with zero attached hydrogens (tertiary/aromatic N) is 2. The number of fused-ring (bicyclic) bond motifs is 1. The van der Waals surface area contributed by atoms with Crippen molar-refractivity contribution in [2.24, 2.45) is 11.8 Å². The largest absolute Gasteiger partial charge is 0.352 e. The molecule has 0 spiro atoms. The van der Waals surface area contributed by atoms with Crippen molar-refractivity contribution in [3.8, 4) is 17.2 Å². The van der Waals surface area contributed by atoms with Crippen LogP contribution < -0.4 is 5.32 Å². The third-order valence-electron chi connectivity index (χ3n) is 5.35. The molecule has 0 radical (unpaired) electrons. The molecule has 0 bridgehead atoms. The predicted molar refractivity (Wildman–Crippen MR) is 99.4 cm³/mol. The number of carbonyl (C=O) groups is 2. The molecule has 26 heavy (non-hydrogen) atoms. The third-order valence-corrected chi connectivity index (χ3v) is 6.03. The highest BCUT2D eigenvalue weighted by atomic mass is 32.1. The summed E-state index contributed by atoms with van der Waals surface area (Å²) in [7, 11) is 0. The molecule has 1 aromatic heterocycles. The first-order valence-electron chi connectivity index (χ1n) is 8.77. The zero-order chi connectivity index (χ0) is 18.1. The molecule has 1 aromatic carbocycles. The fourth-order valence-electron chi connectivity index (χ4n) is 3.87. The summed E-state index contributed by atoms with van der Waals surface area (Å²) >= 11 is 1.65. The fourth-order valence-corrected chi connectivity index (χ4v) is 4.53. The third kappa shape index (κ3) is 3.11. The molecule has 0 aliphatic carbocycles. The van der Waals surface area contributed by atoms with Gasteiger partial charge in [-0.05, 0) is 58.8 Å². The summed E-state index contributed by atoms with van der Waals surface area (Å²) in [5.41, 5.74) is 2.95. The maximum atomic E-state index is 12.9. The Balaban J connectivity index is 1.46. The van der Waals surface area contributed by atoms with E-state index in [4.69, 9.17) is 5.26 Å². The number of benzene rings is 1. The van der Waals surface area contributed by atoms with Crippen LogP contribution in [0.4, 0.5) is 0 Å². The van der Waals surface area contributed by atoms with Gasteiger partial charge in [-0.3, -0.25) is 9.59 Å². The lowest BCUT2D eigenvalue weighted by Gasteiger charge is -2.42. The van der Waals surface area contributed by atoms with Gasteiger partial charge in [-0.2, -0.15) is 16.6 Å². The minimum atomic E-state index is -0.601. The number of nitrogens with one attached hydrogen (secondary N) is 1. The van der Waals surface area contributed by atoms with E-state index in [1.54, 1.807) is 11.3 Å². The lowest BCUT2D eigenvalue weighted by Crippen LogP contribution is -2.57. The van der Waals surface area contributed by atoms with Gasteiger partial charge in [0.05, 0.1) is 6.07 Å². The van der Waals surface area contributed by atoms with Crippen molar-refractivity contribution in [1.82, 2.24) is 10.2 Å². The molecule has 2 fully saturated rings. The number of hydrogen-bond donors (Lipinski definition) is 1. The molecule has 3 heterocycles. The van der Waals surface area contributed by atoms with Gasteiger partial charge in [0.15, 0.2) is 0 Å². The predicted octanol–water partition coefficient (Wildman–Crippen LogP) is 2.91. The lowest BCUT2D eigenvalue weighted by molar-refractivity contribution is -0.128. The molecule has 3 atom stereocenters. The molecular formula is C20H19N3O2S. The van der Waals surface area contributed by atoms with Crippen LogP contribution in [0.5, 0.6) is 0 Å². The van der Waals surface area contributed by atoms with Crippen molar-refractivity contribution in [3.63, 3.8) is 0 Å². The zero-order valence-electron chi connectivity index (χ0n) is 14.2. The number of rotatable bonds is 2. The molecular weight excluding hydrogens is 346 g/mol. The second kappa shape index (κ2) is 6.93. The average molecular weight is 365 g/mol. The molecule has 2 aliphatic heterocycles. The number of carbonyl (C=O) groups excluding carboxylic acids is 2. The van der Waals surface area contributed by atoms with Crippen LogP contribution in [0.1, 0.15) is 23.2 Å². The minimum absolute atomic E-state index is 0.0192. The topological polar surface area (TPSA) is 73.2 Å². The Kier molecular flexibility index (Phi) is 4.48. The van der Waals surface area contributed by atoms with E-state index in [0.717, 1.165) is 17.5 Å². The Morgan fingerprint density at radius 2 is 2.04 bits per heavy atom. The van der Waals surface area contributed by atoms with Crippen LogP contribution in [-0.2, 0) is 4.79 Å². The van der Waals surface area contributed by atoms with Crippen molar-refractivity contribution >= 4 is 23.2 Å². The van der Waals surface area contributed by atoms with Crippen LogP contribution in [0.3, 0.4) is 0 Å². The van der Waals surface area contributed by atoms with Crippen LogP contribution in [0, 0.1) is 23.2 Å². The van der Waals surface area contributed by atoms with Gasteiger partial charge < -0.3 is 10.2 Å². The Morgan fingerprint density at radius 1 is 1.23 bits per heavy atom. The highest BCUT2D eigenvalue weighted by molar-refractivity contribution is 7.08. The van der Waals surface area contributed by atoms with Gasteiger partial charge in [0, 0.05) is 24.7 Å². The van der Waals surface area contributed by atoms with Gasteiger partial charge in [0.1, 0.15) is 5.92 Å². The number of piperidine rings is 2. The van der Waals surface area contributed by atoms with Gasteiger partial charge in [0.2, 0.25) is 5.91 Å². The SMILES string of the molecule is N#CC1CC2CN(C(=O)c3ccc(-c4ccsc4)cc3)CCC2NC1=O. The molecule has 0 saturated carbocycles. The standard InChI is InChI=1S/C20H19N3O2S/c21-10-16-9-17-11-23(7-5-18(17)22-19(16)24)20(25)14-3-1-13(2-4-14)15-6-8-26-12-15/h1-4,6,8,12,16-18H,5,7,9,11H2,(H,22,24). The monoisotopic (exact) mass is 365 g/mol. The summed E-state index contributed by atoms with van der Waals surface area (Å²) < 4.78 is 0. The lowest BCUT2D eigenvalue weighted by atomic mass is 9.80. The minimum Gasteiger partial charge on any atom is -0.352 e. The van der Waals surface area contributed by atoms with Gasteiger partial charge in [-0.1, -0.05) is 12.1 Å². The Labute approximate surface area is 156 Å². The molecule has 2 saturated heterocycles. The van der Waals surface area contributed by atoms with E-state index in [2.05, 4.69) is 22.8 Å². The van der Waals surface area contributed by atoms with Crippen molar-refractivity contribution in [2.75, 3.05) is 13.1 Å². The molecule has 6 heteroatoms. The van der Waals surface area contributed by atoms with Crippen LogP contribution in [0.25, 0.3) is 11.1 Å². The van der Waals surface area contributed by atoms with E-state index < -0.39 is 5.92 Å². The summed E-state index contributed by atoms with van der Waals surface area (Å²) in [4.78, 5) is 26.5. The first-order chi connectivity index (χ1) is 12.7. The van der Waals surface area contributed by atoms with Gasteiger partial charge in [0.25, 0.3) is 5.91 Å². The summed E-state index contributed by atoms with van der Waals surface area (Å²) in [6, 6.07) is 11.9. The normalized spacial score (nSPS) is 25.1. The molecule has 3 unspecified atom stereocenters. The number of nitriles is 1. The fraction of sp³-hybridized carbons (Fsp3) is 0.350. The Hall–Kier alpha value is -2.65. The molecule has 2 aliphatic rings. The van der Waals surface area contributed by atoms with Gasteiger partial charge in [-0.25, -0.2) is 0 Å². The van der Waals surface area contributed by atoms with E-state index >= 15 is 0 Å². The molecule has 2 amide bonds. The van der Waals surface area contributed by atoms with E-state index in [9.17, 15) is 9.59 Å². The number of hydrogen-bond acceptors (Lipinski definition) is 4. The quantitative estimate of drug-likeness (QED) is 0.889. The maximum Gasteiger partial charge on any atom is 0.253 e. The molecule has 132 valence electrons. The van der Waals surface area contributed by atoms with Crippen LogP contribution in [-0.4, -0.2) is 35.8 Å². The van der Waals surface area contributed by atoms with Crippen LogP contribution in [0.2, 0.25) is 0 Å². The first-order valence-corrected chi connectivity index (χ1v) is 9.72. The van der Waals surface area contributed by atoms with E-state index in [1.165, 1.54) is 0 Å². The first kappa shape index (κ1) is 16.8. The van der Waals surface area contributed by atoms with Crippen molar-refractivity contribution < 1.29 is 9.59 Å². The molecule has 2 aromatic rings. The number of thiophene rings is 1. The average Bonchev–Trinajstić information content (AvgIpc) is 3.21. The zero-order valence-corrected chi connectivity index (χ0v) is 15.0. The molecule has 1 N–H and O–H groups in total. The maximum absolute atomic E-state index is 12.9. The summed E-state index contributed by atoms with van der Waals surface area (Å²) in [5.74, 6) is -0.598. The van der Waals surface area contributed by atoms with Crippen LogP contribution in [0.15, 0.2) is 41.1 Å². The second-order valence-corrected chi connectivity index (χ2v) is 7.70. The smallest absolute Gasteiger partial charge is 0.253 e. The van der Waals surface area contributed by atoms with Gasteiger partial charge >= 0.3 is 0 Å². The summed E-state index contributed by atoms with van der Waals surface area (Å²) in [6.45, 7) is 1.22. The number of amides is 2. The van der Waals surface area contributed by atoms with E-state index in [0.29, 0.717) is 25.1 Å². The molecule has 5 nitrogen and oxygen atoms in total. The number of likely N-dealkylation sites (tertiary alicyclic amines) is 1. The summed E-state index contributed by atoms with van der Waals surface area (Å²) in [6.07, 6.45) is 1.28. The van der Waals surface area contributed by atoms with E-state index in [-0.39, 0.29) is 23.8 Å². The van der Waals surface area contributed by atoms with E-state index in [1.807, 2.05) is 34.5 Å². The second-order valence-electron chi connectivity index (χ2n) is 6.92. The molecule has 4 rings (SSSR count). The van der Waals surface area contributed by atoms with Gasteiger partial charge in [-0.15, -0.1) is 0 Å². The summed E-state index contributed by atoms with van der Waals surface area (Å²) in [5, 5.41) is 16.2. The Bertz CT molecular complexity index is 854. The highest BCUT2D eigenvalue weighted by Gasteiger charge is 2.40. The van der Waals surface area contributed by atoms with Crippen LogP contribution >= 0.6 is 11.3 Å². The van der Waals surface area contributed by atoms with Crippen molar-refractivity contribution in [1.29, 1.82) is 5.26 Å². The van der Waals surface area contributed by atoms with Crippen molar-refractivity contribution in [2.45, 2.75) is 18.9 Å². The highest BCUT2D eigenvalue weighted by Crippen LogP contribution is 2.29.